The first-order valence-electron chi connectivity index (χ1n) is 9.64. The Morgan fingerprint density at radius 3 is 2.50 bits per heavy atom. The molecule has 5 rings (SSSR count). The van der Waals surface area contributed by atoms with Crippen LogP contribution in [0.25, 0.3) is 28.4 Å². The second-order valence-corrected chi connectivity index (χ2v) is 7.02. The van der Waals surface area contributed by atoms with Crippen molar-refractivity contribution in [3.63, 3.8) is 0 Å². The van der Waals surface area contributed by atoms with E-state index in [2.05, 4.69) is 20.1 Å². The third kappa shape index (κ3) is 3.30. The fourth-order valence-electron chi connectivity index (χ4n) is 3.54. The number of rotatable bonds is 5. The van der Waals surface area contributed by atoms with E-state index in [-0.39, 0.29) is 11.4 Å². The van der Waals surface area contributed by atoms with Crippen molar-refractivity contribution in [2.24, 2.45) is 0 Å². The minimum absolute atomic E-state index is 0.183. The summed E-state index contributed by atoms with van der Waals surface area (Å²) in [5.41, 5.74) is 4.35. The predicted molar refractivity (Wildman–Crippen MR) is 113 cm³/mol. The number of benzene rings is 2. The molecule has 0 saturated carbocycles. The highest BCUT2D eigenvalue weighted by atomic mass is 19.1. The number of para-hydroxylation sites is 2. The normalized spacial score (nSPS) is 11.2. The molecule has 2 N–H and O–H groups in total. The minimum atomic E-state index is -0.276. The molecule has 0 radical (unpaired) electrons. The highest BCUT2D eigenvalue weighted by Crippen LogP contribution is 2.20. The molecule has 0 aliphatic rings. The van der Waals surface area contributed by atoms with Gasteiger partial charge >= 0.3 is 0 Å². The number of aromatic nitrogens is 5. The lowest BCUT2D eigenvalue weighted by Gasteiger charge is -2.03. The van der Waals surface area contributed by atoms with Gasteiger partial charge in [0.2, 0.25) is 5.95 Å². The molecule has 0 unspecified atom stereocenters. The number of imidazole rings is 1. The fourth-order valence-corrected chi connectivity index (χ4v) is 3.54. The van der Waals surface area contributed by atoms with Crippen LogP contribution in [0.2, 0.25) is 0 Å². The maximum atomic E-state index is 13.3. The first kappa shape index (κ1) is 18.1. The van der Waals surface area contributed by atoms with Gasteiger partial charge in [-0.15, -0.1) is 0 Å². The number of fused-ring (bicyclic) bond motifs is 1. The average molecular weight is 399 g/mol. The van der Waals surface area contributed by atoms with Gasteiger partial charge in [-0.25, -0.2) is 9.37 Å². The summed E-state index contributed by atoms with van der Waals surface area (Å²) < 4.78 is 14.6. The van der Waals surface area contributed by atoms with Gasteiger partial charge in [-0.3, -0.25) is 14.9 Å². The number of H-pyrrole nitrogens is 2. The summed E-state index contributed by atoms with van der Waals surface area (Å²) in [6.07, 6.45) is 2.78. The zero-order valence-corrected chi connectivity index (χ0v) is 16.0. The topological polar surface area (TPSA) is 79.4 Å². The quantitative estimate of drug-likeness (QED) is 0.468. The smallest absolute Gasteiger partial charge is 0.277 e. The molecule has 148 valence electrons. The molecule has 30 heavy (non-hydrogen) atoms. The van der Waals surface area contributed by atoms with E-state index in [1.807, 2.05) is 42.5 Å². The van der Waals surface area contributed by atoms with E-state index in [0.717, 1.165) is 16.6 Å². The molecular formula is C23H18FN5O. The molecule has 0 aliphatic carbocycles. The van der Waals surface area contributed by atoms with Crippen LogP contribution >= 0.6 is 0 Å². The number of nitrogens with zero attached hydrogens (tertiary/aromatic N) is 3. The van der Waals surface area contributed by atoms with E-state index in [0.29, 0.717) is 35.7 Å². The molecule has 3 aromatic heterocycles. The third-order valence-corrected chi connectivity index (χ3v) is 5.07. The number of pyridine rings is 1. The van der Waals surface area contributed by atoms with E-state index < -0.39 is 0 Å². The Bertz CT molecular complexity index is 1330. The van der Waals surface area contributed by atoms with Crippen LogP contribution in [-0.4, -0.2) is 24.7 Å². The molecule has 0 aliphatic heterocycles. The van der Waals surface area contributed by atoms with E-state index >= 15 is 0 Å². The van der Waals surface area contributed by atoms with Gasteiger partial charge in [0.1, 0.15) is 5.82 Å². The first-order chi connectivity index (χ1) is 14.7. The lowest BCUT2D eigenvalue weighted by atomic mass is 10.0. The van der Waals surface area contributed by atoms with Crippen LogP contribution in [0, 0.1) is 5.82 Å². The lowest BCUT2D eigenvalue weighted by Crippen LogP contribution is -2.18. The second kappa shape index (κ2) is 7.44. The van der Waals surface area contributed by atoms with Crippen molar-refractivity contribution in [2.75, 3.05) is 0 Å². The Kier molecular flexibility index (Phi) is 4.48. The summed E-state index contributed by atoms with van der Waals surface area (Å²) in [6, 6.07) is 19.5. The van der Waals surface area contributed by atoms with Crippen molar-refractivity contribution < 1.29 is 4.39 Å². The summed E-state index contributed by atoms with van der Waals surface area (Å²) in [7, 11) is 0. The second-order valence-electron chi connectivity index (χ2n) is 7.02. The molecule has 0 saturated heterocycles. The number of aryl methyl sites for hydroxylation is 1. The molecule has 6 nitrogen and oxygen atoms in total. The van der Waals surface area contributed by atoms with Crippen LogP contribution < -0.4 is 5.56 Å². The van der Waals surface area contributed by atoms with Gasteiger partial charge in [-0.05, 0) is 54.8 Å². The molecule has 0 spiro atoms. The van der Waals surface area contributed by atoms with Crippen molar-refractivity contribution in [1.82, 2.24) is 24.7 Å². The van der Waals surface area contributed by atoms with Gasteiger partial charge in [0.15, 0.2) is 0 Å². The van der Waals surface area contributed by atoms with E-state index in [9.17, 15) is 9.18 Å². The molecule has 5 aromatic rings. The van der Waals surface area contributed by atoms with Gasteiger partial charge < -0.3 is 4.98 Å². The molecule has 2 aromatic carbocycles. The SMILES string of the molecule is O=c1c(CCc2ccc(F)cc2)c(-c2ccccn2)[nH]n1-c1nc2ccccc2[nH]1. The molecule has 0 amide bonds. The summed E-state index contributed by atoms with van der Waals surface area (Å²) in [5.74, 6) is 0.147. The van der Waals surface area contributed by atoms with Crippen molar-refractivity contribution in [2.45, 2.75) is 12.8 Å². The van der Waals surface area contributed by atoms with Gasteiger partial charge in [0, 0.05) is 11.8 Å². The van der Waals surface area contributed by atoms with Crippen LogP contribution in [-0.2, 0) is 12.8 Å². The van der Waals surface area contributed by atoms with Crippen molar-refractivity contribution in [3.8, 4) is 17.3 Å². The Morgan fingerprint density at radius 1 is 0.933 bits per heavy atom. The molecule has 0 atom stereocenters. The summed E-state index contributed by atoms with van der Waals surface area (Å²) in [4.78, 5) is 25.4. The largest absolute Gasteiger partial charge is 0.322 e. The average Bonchev–Trinajstić information content (AvgIpc) is 3.35. The highest BCUT2D eigenvalue weighted by molar-refractivity contribution is 5.76. The van der Waals surface area contributed by atoms with E-state index in [1.165, 1.54) is 16.8 Å². The number of hydrogen-bond donors (Lipinski definition) is 2. The third-order valence-electron chi connectivity index (χ3n) is 5.07. The number of hydrogen-bond acceptors (Lipinski definition) is 3. The van der Waals surface area contributed by atoms with Crippen LogP contribution in [0.3, 0.4) is 0 Å². The molecule has 3 heterocycles. The van der Waals surface area contributed by atoms with Crippen LogP contribution in [0.5, 0.6) is 0 Å². The fraction of sp³-hybridized carbons (Fsp3) is 0.0870. The van der Waals surface area contributed by atoms with Gasteiger partial charge in [0.25, 0.3) is 5.56 Å². The molecular weight excluding hydrogens is 381 g/mol. The predicted octanol–water partition coefficient (Wildman–Crippen LogP) is 4.03. The summed E-state index contributed by atoms with van der Waals surface area (Å²) in [6.45, 7) is 0. The van der Waals surface area contributed by atoms with Gasteiger partial charge in [0.05, 0.1) is 22.4 Å². The summed E-state index contributed by atoms with van der Waals surface area (Å²) in [5, 5.41) is 3.18. The van der Waals surface area contributed by atoms with Crippen LogP contribution in [0.1, 0.15) is 11.1 Å². The maximum absolute atomic E-state index is 13.3. The summed E-state index contributed by atoms with van der Waals surface area (Å²) >= 11 is 0. The number of nitrogens with one attached hydrogen (secondary N) is 2. The first-order valence-corrected chi connectivity index (χ1v) is 9.64. The number of halogens is 1. The highest BCUT2D eigenvalue weighted by Gasteiger charge is 2.19. The Morgan fingerprint density at radius 2 is 1.73 bits per heavy atom. The zero-order valence-electron chi connectivity index (χ0n) is 16.0. The zero-order chi connectivity index (χ0) is 20.5. The molecule has 7 heteroatoms. The van der Waals surface area contributed by atoms with E-state index in [4.69, 9.17) is 0 Å². The van der Waals surface area contributed by atoms with Gasteiger partial charge in [-0.2, -0.15) is 4.68 Å². The van der Waals surface area contributed by atoms with Crippen molar-refractivity contribution >= 4 is 11.0 Å². The van der Waals surface area contributed by atoms with Crippen molar-refractivity contribution in [1.29, 1.82) is 0 Å². The van der Waals surface area contributed by atoms with Gasteiger partial charge in [-0.1, -0.05) is 30.3 Å². The van der Waals surface area contributed by atoms with E-state index in [1.54, 1.807) is 18.3 Å². The molecule has 0 fully saturated rings. The Hall–Kier alpha value is -4.00. The van der Waals surface area contributed by atoms with Crippen LogP contribution in [0.15, 0.2) is 77.7 Å². The van der Waals surface area contributed by atoms with Crippen molar-refractivity contribution in [3.05, 3.63) is 100 Å². The minimum Gasteiger partial charge on any atom is -0.322 e. The number of aromatic amines is 2. The monoisotopic (exact) mass is 399 g/mol. The lowest BCUT2D eigenvalue weighted by molar-refractivity contribution is 0.627. The Balaban J connectivity index is 1.58. The standard InChI is InChI=1S/C23H18FN5O/c24-16-11-8-15(9-12-16)10-13-17-21(20-7-3-4-14-25-20)28-29(22(17)30)23-26-18-5-1-2-6-19(18)27-23/h1-9,11-12,14,28H,10,13H2,(H,26,27). The molecule has 0 bridgehead atoms. The van der Waals surface area contributed by atoms with Crippen LogP contribution in [0.4, 0.5) is 4.39 Å². The Labute approximate surface area is 171 Å². The maximum Gasteiger partial charge on any atom is 0.277 e.